The summed E-state index contributed by atoms with van der Waals surface area (Å²) in [7, 11) is 0. The Morgan fingerprint density at radius 2 is 2.33 bits per heavy atom. The Labute approximate surface area is 120 Å². The van der Waals surface area contributed by atoms with Gasteiger partial charge in [-0.3, -0.25) is 4.68 Å². The fourth-order valence-electron chi connectivity index (χ4n) is 2.39. The highest BCUT2D eigenvalue weighted by atomic mass is 79.9. The van der Waals surface area contributed by atoms with Crippen LogP contribution in [0.2, 0.25) is 0 Å². The maximum absolute atomic E-state index is 5.89. The summed E-state index contributed by atoms with van der Waals surface area (Å²) in [6.07, 6.45) is 4.07. The number of hydrogen-bond donors (Lipinski definition) is 2. The van der Waals surface area contributed by atoms with E-state index in [9.17, 15) is 0 Å². The van der Waals surface area contributed by atoms with Crippen molar-refractivity contribution in [1.29, 1.82) is 0 Å². The van der Waals surface area contributed by atoms with Crippen molar-refractivity contribution in [3.8, 4) is 0 Å². The van der Waals surface area contributed by atoms with Crippen LogP contribution in [-0.4, -0.2) is 27.9 Å². The lowest BCUT2D eigenvalue weighted by Gasteiger charge is -2.23. The Hall–Kier alpha value is -0.850. The molecule has 0 radical (unpaired) electrons. The van der Waals surface area contributed by atoms with Crippen LogP contribution in [0, 0.1) is 0 Å². The van der Waals surface area contributed by atoms with E-state index < -0.39 is 0 Å². The van der Waals surface area contributed by atoms with Gasteiger partial charge in [-0.05, 0) is 41.4 Å². The molecular formula is C11H15BrClN5. The summed E-state index contributed by atoms with van der Waals surface area (Å²) in [6.45, 7) is 2.06. The molecule has 0 spiro atoms. The molecule has 5 nitrogen and oxygen atoms in total. The van der Waals surface area contributed by atoms with Crippen LogP contribution >= 0.6 is 28.3 Å². The number of anilines is 1. The van der Waals surface area contributed by atoms with Gasteiger partial charge >= 0.3 is 0 Å². The van der Waals surface area contributed by atoms with Gasteiger partial charge in [-0.25, -0.2) is 4.98 Å². The van der Waals surface area contributed by atoms with Crippen LogP contribution in [0.3, 0.4) is 0 Å². The van der Waals surface area contributed by atoms with E-state index in [0.717, 1.165) is 35.0 Å². The number of nitrogens with one attached hydrogen (secondary N) is 1. The number of rotatable bonds is 1. The third kappa shape index (κ3) is 2.20. The summed E-state index contributed by atoms with van der Waals surface area (Å²) < 4.78 is 2.84. The molecule has 3 rings (SSSR count). The second-order valence-corrected chi connectivity index (χ2v) is 5.08. The van der Waals surface area contributed by atoms with E-state index in [-0.39, 0.29) is 12.4 Å². The van der Waals surface area contributed by atoms with Gasteiger partial charge in [-0.15, -0.1) is 12.4 Å². The lowest BCUT2D eigenvalue weighted by atomic mass is 10.1. The minimum Gasteiger partial charge on any atom is -0.383 e. The van der Waals surface area contributed by atoms with E-state index in [4.69, 9.17) is 5.73 Å². The van der Waals surface area contributed by atoms with Crippen LogP contribution in [0.4, 0.5) is 5.82 Å². The monoisotopic (exact) mass is 331 g/mol. The molecule has 1 atom stereocenters. The van der Waals surface area contributed by atoms with Crippen LogP contribution in [0.25, 0.3) is 10.9 Å². The van der Waals surface area contributed by atoms with Crippen LogP contribution in [0.5, 0.6) is 0 Å². The van der Waals surface area contributed by atoms with Crippen LogP contribution in [0.1, 0.15) is 18.9 Å². The van der Waals surface area contributed by atoms with Crippen molar-refractivity contribution in [2.24, 2.45) is 0 Å². The van der Waals surface area contributed by atoms with E-state index in [1.165, 1.54) is 6.42 Å². The van der Waals surface area contributed by atoms with Crippen molar-refractivity contribution in [3.05, 3.63) is 16.9 Å². The Kier molecular flexibility index (Phi) is 4.09. The van der Waals surface area contributed by atoms with E-state index >= 15 is 0 Å². The maximum Gasteiger partial charge on any atom is 0.139 e. The van der Waals surface area contributed by atoms with E-state index in [1.807, 2.05) is 6.07 Å². The van der Waals surface area contributed by atoms with Crippen molar-refractivity contribution in [3.63, 3.8) is 0 Å². The smallest absolute Gasteiger partial charge is 0.139 e. The predicted molar refractivity (Wildman–Crippen MR) is 78.0 cm³/mol. The summed E-state index contributed by atoms with van der Waals surface area (Å²) >= 11 is 3.46. The minimum absolute atomic E-state index is 0. The number of pyridine rings is 1. The van der Waals surface area contributed by atoms with Crippen LogP contribution in [-0.2, 0) is 0 Å². The van der Waals surface area contributed by atoms with Gasteiger partial charge in [0, 0.05) is 12.7 Å². The first-order valence-corrected chi connectivity index (χ1v) is 6.55. The molecule has 0 amide bonds. The average molecular weight is 333 g/mol. The van der Waals surface area contributed by atoms with E-state index in [0.29, 0.717) is 11.9 Å². The molecule has 3 N–H and O–H groups in total. The zero-order valence-corrected chi connectivity index (χ0v) is 12.2. The van der Waals surface area contributed by atoms with Crippen molar-refractivity contribution in [2.75, 3.05) is 18.8 Å². The zero-order valence-electron chi connectivity index (χ0n) is 9.77. The van der Waals surface area contributed by atoms with Crippen molar-refractivity contribution >= 4 is 45.1 Å². The number of nitrogen functional groups attached to an aromatic ring is 1. The molecule has 18 heavy (non-hydrogen) atoms. The molecule has 0 bridgehead atoms. The van der Waals surface area contributed by atoms with Crippen molar-refractivity contribution in [2.45, 2.75) is 18.9 Å². The third-order valence-corrected chi connectivity index (χ3v) is 3.78. The first-order chi connectivity index (χ1) is 8.27. The molecule has 0 saturated carbocycles. The lowest BCUT2D eigenvalue weighted by molar-refractivity contribution is 0.354. The van der Waals surface area contributed by atoms with Gasteiger partial charge in [-0.2, -0.15) is 5.10 Å². The first-order valence-electron chi connectivity index (χ1n) is 5.76. The number of hydrogen-bond acceptors (Lipinski definition) is 4. The zero-order chi connectivity index (χ0) is 11.8. The van der Waals surface area contributed by atoms with Gasteiger partial charge in [0.05, 0.1) is 16.9 Å². The molecule has 3 heterocycles. The molecule has 0 aliphatic carbocycles. The molecule has 2 aromatic heterocycles. The summed E-state index contributed by atoms with van der Waals surface area (Å²) in [5.74, 6) is 0.532. The standard InChI is InChI=1S/C11H14BrN5.ClH/c12-10-9-8(3-5-15-11(9)13)17(16-10)7-2-1-4-14-6-7;/h3,5,7,14H,1-2,4,6H2,(H2,13,15);1H/t7-;/m1./s1. The van der Waals surface area contributed by atoms with Gasteiger partial charge in [0.15, 0.2) is 0 Å². The largest absolute Gasteiger partial charge is 0.383 e. The molecular weight excluding hydrogens is 318 g/mol. The van der Waals surface area contributed by atoms with E-state index in [1.54, 1.807) is 6.20 Å². The number of fused-ring (bicyclic) bond motifs is 1. The van der Waals surface area contributed by atoms with Crippen LogP contribution < -0.4 is 11.1 Å². The number of nitrogens with zero attached hydrogens (tertiary/aromatic N) is 3. The molecule has 1 aliphatic rings. The maximum atomic E-state index is 5.89. The quantitative estimate of drug-likeness (QED) is 0.839. The second-order valence-electron chi connectivity index (χ2n) is 4.33. The van der Waals surface area contributed by atoms with Crippen LogP contribution in [0.15, 0.2) is 16.9 Å². The molecule has 0 unspecified atom stereocenters. The number of nitrogens with two attached hydrogens (primary N) is 1. The highest BCUT2D eigenvalue weighted by Gasteiger charge is 2.20. The number of halogens is 2. The third-order valence-electron chi connectivity index (χ3n) is 3.22. The molecule has 1 aliphatic heterocycles. The predicted octanol–water partition coefficient (Wildman–Crippen LogP) is 2.12. The van der Waals surface area contributed by atoms with Gasteiger partial charge in [0.2, 0.25) is 0 Å². The second kappa shape index (κ2) is 5.42. The average Bonchev–Trinajstić information content (AvgIpc) is 2.69. The topological polar surface area (TPSA) is 68.8 Å². The summed E-state index contributed by atoms with van der Waals surface area (Å²) in [6, 6.07) is 2.37. The minimum atomic E-state index is 0. The SMILES string of the molecule is Cl.Nc1nccc2c1c(Br)nn2[C@@H]1CCCNC1. The normalized spacial score (nSPS) is 19.7. The molecule has 1 fully saturated rings. The van der Waals surface area contributed by atoms with Crippen molar-refractivity contribution in [1.82, 2.24) is 20.1 Å². The Morgan fingerprint density at radius 1 is 1.50 bits per heavy atom. The van der Waals surface area contributed by atoms with Gasteiger partial charge in [0.1, 0.15) is 10.4 Å². The fourth-order valence-corrected chi connectivity index (χ4v) is 2.97. The fraction of sp³-hybridized carbons (Fsp3) is 0.455. The summed E-state index contributed by atoms with van der Waals surface area (Å²) in [5, 5.41) is 8.86. The Bertz CT molecular complexity index is 550. The lowest BCUT2D eigenvalue weighted by Crippen LogP contribution is -2.32. The number of piperidine rings is 1. The van der Waals surface area contributed by atoms with Crippen molar-refractivity contribution < 1.29 is 0 Å². The molecule has 7 heteroatoms. The molecule has 0 aromatic carbocycles. The molecule has 1 saturated heterocycles. The van der Waals surface area contributed by atoms with E-state index in [2.05, 4.69) is 36.0 Å². The Balaban J connectivity index is 0.00000120. The van der Waals surface area contributed by atoms with Gasteiger partial charge in [-0.1, -0.05) is 0 Å². The molecule has 2 aromatic rings. The van der Waals surface area contributed by atoms with Gasteiger partial charge in [0.25, 0.3) is 0 Å². The highest BCUT2D eigenvalue weighted by molar-refractivity contribution is 9.10. The summed E-state index contributed by atoms with van der Waals surface area (Å²) in [5.41, 5.74) is 6.94. The number of aromatic nitrogens is 3. The van der Waals surface area contributed by atoms with Gasteiger partial charge < -0.3 is 11.1 Å². The summed E-state index contributed by atoms with van der Waals surface area (Å²) in [4.78, 5) is 4.11. The Morgan fingerprint density at radius 3 is 3.06 bits per heavy atom. The first kappa shape index (κ1) is 13.6. The highest BCUT2D eigenvalue weighted by Crippen LogP contribution is 2.30. The molecule has 98 valence electrons.